The second-order valence-electron chi connectivity index (χ2n) is 9.19. The number of hydrogen-bond donors (Lipinski definition) is 2. The zero-order valence-corrected chi connectivity index (χ0v) is 21.9. The Balaban J connectivity index is 1.51. The molecule has 1 unspecified atom stereocenters. The van der Waals surface area contributed by atoms with Crippen LogP contribution in [0.1, 0.15) is 43.7 Å². The van der Waals surface area contributed by atoms with Gasteiger partial charge >= 0.3 is 5.97 Å². The van der Waals surface area contributed by atoms with Gasteiger partial charge in [-0.25, -0.2) is 9.97 Å². The van der Waals surface area contributed by atoms with E-state index in [1.54, 1.807) is 0 Å². The Morgan fingerprint density at radius 1 is 1.14 bits per heavy atom. The Morgan fingerprint density at radius 3 is 2.60 bits per heavy atom. The Hall–Kier alpha value is -2.77. The smallest absolute Gasteiger partial charge is 0.311 e. The van der Waals surface area contributed by atoms with Crippen LogP contribution in [-0.4, -0.2) is 34.1 Å². The highest BCUT2D eigenvalue weighted by atomic mass is 35.5. The number of carboxylic acid groups (broad SMARTS) is 1. The van der Waals surface area contributed by atoms with Crippen molar-refractivity contribution in [1.29, 1.82) is 0 Å². The molecule has 0 bridgehead atoms. The molecule has 0 aliphatic carbocycles. The topological polar surface area (TPSA) is 78.4 Å². The minimum atomic E-state index is -0.704. The summed E-state index contributed by atoms with van der Waals surface area (Å²) in [6.07, 6.45) is 3.10. The summed E-state index contributed by atoms with van der Waals surface area (Å²) in [5.74, 6) is 0.790. The molecule has 184 valence electrons. The molecule has 1 atom stereocenters. The van der Waals surface area contributed by atoms with Crippen molar-refractivity contribution in [3.05, 3.63) is 64.7 Å². The molecule has 0 spiro atoms. The lowest BCUT2D eigenvalue weighted by atomic mass is 9.76. The van der Waals surface area contributed by atoms with Crippen LogP contribution in [0.4, 0.5) is 11.6 Å². The maximum absolute atomic E-state index is 12.1. The highest BCUT2D eigenvalue weighted by Crippen LogP contribution is 2.37. The van der Waals surface area contributed by atoms with Gasteiger partial charge in [-0.05, 0) is 68.5 Å². The summed E-state index contributed by atoms with van der Waals surface area (Å²) in [6, 6.07) is 15.7. The van der Waals surface area contributed by atoms with Crippen molar-refractivity contribution in [2.45, 2.75) is 51.5 Å². The summed E-state index contributed by atoms with van der Waals surface area (Å²) in [5, 5.41) is 11.3. The summed E-state index contributed by atoms with van der Waals surface area (Å²) in [4.78, 5) is 23.8. The predicted molar refractivity (Wildman–Crippen MR) is 144 cm³/mol. The minimum Gasteiger partial charge on any atom is -0.481 e. The molecule has 8 heteroatoms. The zero-order valence-electron chi connectivity index (χ0n) is 20.3. The van der Waals surface area contributed by atoms with E-state index < -0.39 is 11.4 Å². The summed E-state index contributed by atoms with van der Waals surface area (Å²) in [7, 11) is 0. The molecule has 0 radical (unpaired) electrons. The number of hydrogen-bond acceptors (Lipinski definition) is 6. The maximum atomic E-state index is 12.1. The highest BCUT2D eigenvalue weighted by Gasteiger charge is 2.41. The second-order valence-corrected chi connectivity index (χ2v) is 10.4. The van der Waals surface area contributed by atoms with E-state index in [0.29, 0.717) is 30.2 Å². The van der Waals surface area contributed by atoms with Crippen LogP contribution in [0.5, 0.6) is 0 Å². The number of pyridine rings is 2. The van der Waals surface area contributed by atoms with Gasteiger partial charge in [-0.1, -0.05) is 49.2 Å². The van der Waals surface area contributed by atoms with Gasteiger partial charge in [0.1, 0.15) is 16.7 Å². The fourth-order valence-corrected chi connectivity index (χ4v) is 5.70. The standard InChI is InChI=1S/C27H31ClN4O2S/c1-4-14-27(26(33)34)15-7-16-32(17-27)22-10-6-11-23(30-22)35-31-21-13-12-20(28)25(29-21)24-18(2)8-5-9-19(24)3/h5-6,8-13H,4,7,14-17H2,1-3H3,(H,29,31)(H,33,34). The number of benzene rings is 1. The molecule has 3 heterocycles. The van der Waals surface area contributed by atoms with Gasteiger partial charge in [-0.2, -0.15) is 0 Å². The molecule has 1 aromatic carbocycles. The summed E-state index contributed by atoms with van der Waals surface area (Å²) in [5.41, 5.74) is 3.35. The van der Waals surface area contributed by atoms with Crippen LogP contribution in [-0.2, 0) is 4.79 Å². The van der Waals surface area contributed by atoms with Crippen molar-refractivity contribution in [3.63, 3.8) is 0 Å². The quantitative estimate of drug-likeness (QED) is 0.316. The van der Waals surface area contributed by atoms with E-state index >= 15 is 0 Å². The van der Waals surface area contributed by atoms with Crippen LogP contribution in [0.15, 0.2) is 53.6 Å². The lowest BCUT2D eigenvalue weighted by molar-refractivity contribution is -0.150. The number of rotatable bonds is 8. The highest BCUT2D eigenvalue weighted by molar-refractivity contribution is 8.00. The van der Waals surface area contributed by atoms with Crippen LogP contribution in [0, 0.1) is 19.3 Å². The maximum Gasteiger partial charge on any atom is 0.311 e. The molecular formula is C27H31ClN4O2S. The van der Waals surface area contributed by atoms with E-state index in [9.17, 15) is 9.90 Å². The molecule has 35 heavy (non-hydrogen) atoms. The van der Waals surface area contributed by atoms with Crippen molar-refractivity contribution in [1.82, 2.24) is 9.97 Å². The van der Waals surface area contributed by atoms with Crippen molar-refractivity contribution >= 4 is 41.2 Å². The van der Waals surface area contributed by atoms with Crippen LogP contribution in [0.3, 0.4) is 0 Å². The van der Waals surface area contributed by atoms with Gasteiger partial charge in [-0.3, -0.25) is 4.79 Å². The van der Waals surface area contributed by atoms with Gasteiger partial charge in [0.2, 0.25) is 0 Å². The van der Waals surface area contributed by atoms with E-state index in [1.165, 1.54) is 11.9 Å². The summed E-state index contributed by atoms with van der Waals surface area (Å²) >= 11 is 7.89. The molecule has 0 saturated carbocycles. The van der Waals surface area contributed by atoms with Gasteiger partial charge in [0.25, 0.3) is 0 Å². The SMILES string of the molecule is CCCC1(C(=O)O)CCCN(c2cccc(SNc3ccc(Cl)c(-c4c(C)cccc4C)n3)n2)C1. The zero-order chi connectivity index (χ0) is 25.0. The molecule has 1 aliphatic heterocycles. The molecule has 2 N–H and O–H groups in total. The number of nitrogens with one attached hydrogen (secondary N) is 1. The Bertz CT molecular complexity index is 1200. The number of aliphatic carboxylic acids is 1. The third kappa shape index (κ3) is 5.57. The van der Waals surface area contributed by atoms with Crippen molar-refractivity contribution in [2.75, 3.05) is 22.7 Å². The lowest BCUT2D eigenvalue weighted by Crippen LogP contribution is -2.48. The largest absolute Gasteiger partial charge is 0.481 e. The molecule has 4 rings (SSSR count). The minimum absolute atomic E-state index is 0.489. The van der Waals surface area contributed by atoms with Gasteiger partial charge in [-0.15, -0.1) is 0 Å². The molecular weight excluding hydrogens is 480 g/mol. The van der Waals surface area contributed by atoms with Gasteiger partial charge in [0.15, 0.2) is 0 Å². The molecule has 2 aromatic heterocycles. The third-order valence-electron chi connectivity index (χ3n) is 6.62. The molecule has 3 aromatic rings. The molecule has 1 saturated heterocycles. The molecule has 1 aliphatic rings. The Labute approximate surface area is 216 Å². The Kier molecular flexibility index (Phi) is 7.87. The van der Waals surface area contributed by atoms with Crippen molar-refractivity contribution in [3.8, 4) is 11.3 Å². The first-order chi connectivity index (χ1) is 16.8. The van der Waals surface area contributed by atoms with Crippen LogP contribution >= 0.6 is 23.5 Å². The fraction of sp³-hybridized carbons (Fsp3) is 0.370. The fourth-order valence-electron chi connectivity index (χ4n) is 4.90. The van der Waals surface area contributed by atoms with E-state index in [-0.39, 0.29) is 0 Å². The van der Waals surface area contributed by atoms with E-state index in [0.717, 1.165) is 52.6 Å². The normalized spacial score (nSPS) is 17.9. The average molecular weight is 511 g/mol. The molecule has 6 nitrogen and oxygen atoms in total. The molecule has 0 amide bonds. The third-order valence-corrected chi connectivity index (χ3v) is 7.67. The number of aromatic nitrogens is 2. The Morgan fingerprint density at radius 2 is 1.89 bits per heavy atom. The second kappa shape index (κ2) is 10.9. The van der Waals surface area contributed by atoms with E-state index in [2.05, 4.69) is 35.6 Å². The van der Waals surface area contributed by atoms with Gasteiger partial charge in [0.05, 0.1) is 16.1 Å². The van der Waals surface area contributed by atoms with Gasteiger partial charge < -0.3 is 14.7 Å². The van der Waals surface area contributed by atoms with E-state index in [4.69, 9.17) is 21.6 Å². The summed E-state index contributed by atoms with van der Waals surface area (Å²) < 4.78 is 3.29. The number of piperidine rings is 1. The van der Waals surface area contributed by atoms with Crippen molar-refractivity contribution < 1.29 is 9.90 Å². The monoisotopic (exact) mass is 510 g/mol. The first-order valence-corrected chi connectivity index (χ1v) is 13.1. The van der Waals surface area contributed by atoms with Crippen molar-refractivity contribution in [2.24, 2.45) is 5.41 Å². The number of nitrogens with zero attached hydrogens (tertiary/aromatic N) is 3. The number of carbonyl (C=O) groups is 1. The lowest BCUT2D eigenvalue weighted by Gasteiger charge is -2.40. The van der Waals surface area contributed by atoms with Crippen LogP contribution in [0.25, 0.3) is 11.3 Å². The first-order valence-electron chi connectivity index (χ1n) is 11.9. The number of carboxylic acids is 1. The number of anilines is 2. The number of aryl methyl sites for hydroxylation is 2. The van der Waals surface area contributed by atoms with Crippen LogP contribution < -0.4 is 9.62 Å². The average Bonchev–Trinajstić information content (AvgIpc) is 2.84. The summed E-state index contributed by atoms with van der Waals surface area (Å²) in [6.45, 7) is 7.46. The molecule has 1 fully saturated rings. The van der Waals surface area contributed by atoms with E-state index in [1.807, 2.05) is 43.3 Å². The number of halogens is 1. The van der Waals surface area contributed by atoms with Crippen LogP contribution in [0.2, 0.25) is 5.02 Å². The predicted octanol–water partition coefficient (Wildman–Crippen LogP) is 7.00. The van der Waals surface area contributed by atoms with Gasteiger partial charge in [0, 0.05) is 30.6 Å². The first kappa shape index (κ1) is 25.3.